The van der Waals surface area contributed by atoms with E-state index in [4.69, 9.17) is 16.2 Å². The Labute approximate surface area is 122 Å². The van der Waals surface area contributed by atoms with Crippen molar-refractivity contribution in [3.8, 4) is 5.75 Å². The van der Waals surface area contributed by atoms with Crippen LogP contribution in [0.3, 0.4) is 0 Å². The average molecular weight is 288 g/mol. The van der Waals surface area contributed by atoms with Gasteiger partial charge in [0, 0.05) is 16.8 Å². The van der Waals surface area contributed by atoms with Gasteiger partial charge in [-0.15, -0.1) is 0 Å². The number of carbonyl (C=O) groups is 1. The standard InChI is InChI=1S/C16H17FN2O2/c1-9-5-13(18)6-10(2)15(9)21-8-12-4-3-11(16(19)20)7-14(12)17/h3-7H,8,18H2,1-2H3,(H2,19,20). The van der Waals surface area contributed by atoms with Gasteiger partial charge in [-0.2, -0.15) is 0 Å². The minimum absolute atomic E-state index is 0.0659. The van der Waals surface area contributed by atoms with Crippen molar-refractivity contribution in [2.75, 3.05) is 5.73 Å². The van der Waals surface area contributed by atoms with Crippen molar-refractivity contribution in [3.63, 3.8) is 0 Å². The van der Waals surface area contributed by atoms with Gasteiger partial charge < -0.3 is 16.2 Å². The predicted molar refractivity (Wildman–Crippen MR) is 79.6 cm³/mol. The van der Waals surface area contributed by atoms with Gasteiger partial charge in [0.1, 0.15) is 18.2 Å². The number of carbonyl (C=O) groups excluding carboxylic acids is 1. The number of aryl methyl sites for hydroxylation is 2. The Morgan fingerprint density at radius 3 is 2.33 bits per heavy atom. The third kappa shape index (κ3) is 3.31. The SMILES string of the molecule is Cc1cc(N)cc(C)c1OCc1ccc(C(N)=O)cc1F. The van der Waals surface area contributed by atoms with Crippen molar-refractivity contribution in [1.29, 1.82) is 0 Å². The lowest BCUT2D eigenvalue weighted by Gasteiger charge is -2.13. The third-order valence-corrected chi connectivity index (χ3v) is 3.19. The summed E-state index contributed by atoms with van der Waals surface area (Å²) in [4.78, 5) is 11.0. The monoisotopic (exact) mass is 288 g/mol. The number of primary amides is 1. The molecule has 0 saturated heterocycles. The van der Waals surface area contributed by atoms with Crippen LogP contribution in [0.15, 0.2) is 30.3 Å². The maximum absolute atomic E-state index is 13.9. The van der Waals surface area contributed by atoms with Gasteiger partial charge in [0.15, 0.2) is 0 Å². The Hall–Kier alpha value is -2.56. The largest absolute Gasteiger partial charge is 0.488 e. The predicted octanol–water partition coefficient (Wildman–Crippen LogP) is 2.70. The second kappa shape index (κ2) is 5.83. The van der Waals surface area contributed by atoms with E-state index in [1.807, 2.05) is 13.8 Å². The molecule has 0 saturated carbocycles. The van der Waals surface area contributed by atoms with Crippen molar-refractivity contribution in [1.82, 2.24) is 0 Å². The topological polar surface area (TPSA) is 78.3 Å². The van der Waals surface area contributed by atoms with Crippen LogP contribution in [0, 0.1) is 19.7 Å². The lowest BCUT2D eigenvalue weighted by atomic mass is 10.1. The van der Waals surface area contributed by atoms with Crippen molar-refractivity contribution in [3.05, 3.63) is 58.4 Å². The highest BCUT2D eigenvalue weighted by Gasteiger charge is 2.10. The summed E-state index contributed by atoms with van der Waals surface area (Å²) in [5.41, 5.74) is 13.8. The summed E-state index contributed by atoms with van der Waals surface area (Å²) in [5, 5.41) is 0. The number of amides is 1. The quantitative estimate of drug-likeness (QED) is 0.849. The minimum atomic E-state index is -0.661. The van der Waals surface area contributed by atoms with E-state index in [1.165, 1.54) is 12.1 Å². The first-order valence-corrected chi connectivity index (χ1v) is 6.46. The van der Waals surface area contributed by atoms with E-state index in [1.54, 1.807) is 12.1 Å². The van der Waals surface area contributed by atoms with Gasteiger partial charge in [0.25, 0.3) is 0 Å². The molecule has 0 aromatic heterocycles. The van der Waals surface area contributed by atoms with Gasteiger partial charge in [-0.25, -0.2) is 4.39 Å². The first kappa shape index (κ1) is 14.8. The number of nitrogens with two attached hydrogens (primary N) is 2. The lowest BCUT2D eigenvalue weighted by molar-refractivity contribution is 0.0999. The molecular weight excluding hydrogens is 271 g/mol. The van der Waals surface area contributed by atoms with E-state index in [0.29, 0.717) is 17.0 Å². The van der Waals surface area contributed by atoms with Crippen molar-refractivity contribution in [2.45, 2.75) is 20.5 Å². The molecule has 0 unspecified atom stereocenters. The Morgan fingerprint density at radius 1 is 1.19 bits per heavy atom. The number of nitrogen functional groups attached to an aromatic ring is 1. The van der Waals surface area contributed by atoms with E-state index in [0.717, 1.165) is 17.2 Å². The molecule has 0 fully saturated rings. The first-order valence-electron chi connectivity index (χ1n) is 6.46. The zero-order valence-electron chi connectivity index (χ0n) is 11.9. The molecule has 0 spiro atoms. The zero-order valence-corrected chi connectivity index (χ0v) is 11.9. The second-order valence-corrected chi connectivity index (χ2v) is 4.94. The van der Waals surface area contributed by atoms with Crippen molar-refractivity contribution >= 4 is 11.6 Å². The summed E-state index contributed by atoms with van der Waals surface area (Å²) >= 11 is 0. The van der Waals surface area contributed by atoms with Crippen LogP contribution in [-0.2, 0) is 6.61 Å². The number of hydrogen-bond donors (Lipinski definition) is 2. The van der Waals surface area contributed by atoms with Gasteiger partial charge in [-0.1, -0.05) is 6.07 Å². The first-order chi connectivity index (χ1) is 9.88. The van der Waals surface area contributed by atoms with Gasteiger partial charge in [0.05, 0.1) is 0 Å². The molecule has 0 aliphatic heterocycles. The van der Waals surface area contributed by atoms with Crippen LogP contribution in [0.1, 0.15) is 27.0 Å². The molecule has 5 heteroatoms. The molecule has 2 aromatic rings. The molecule has 110 valence electrons. The van der Waals surface area contributed by atoms with Gasteiger partial charge in [-0.05, 0) is 49.2 Å². The third-order valence-electron chi connectivity index (χ3n) is 3.19. The number of rotatable bonds is 4. The number of benzene rings is 2. The van der Waals surface area contributed by atoms with E-state index >= 15 is 0 Å². The molecule has 0 aliphatic carbocycles. The van der Waals surface area contributed by atoms with Crippen LogP contribution < -0.4 is 16.2 Å². The number of halogens is 1. The van der Waals surface area contributed by atoms with Crippen LogP contribution in [-0.4, -0.2) is 5.91 Å². The van der Waals surface area contributed by atoms with Gasteiger partial charge in [0.2, 0.25) is 5.91 Å². The van der Waals surface area contributed by atoms with Gasteiger partial charge >= 0.3 is 0 Å². The van der Waals surface area contributed by atoms with Crippen LogP contribution >= 0.6 is 0 Å². The summed E-state index contributed by atoms with van der Waals surface area (Å²) in [6.07, 6.45) is 0. The Kier molecular flexibility index (Phi) is 4.12. The molecule has 4 N–H and O–H groups in total. The van der Waals surface area contributed by atoms with E-state index in [9.17, 15) is 9.18 Å². The van der Waals surface area contributed by atoms with Crippen LogP contribution in [0.2, 0.25) is 0 Å². The normalized spacial score (nSPS) is 10.4. The zero-order chi connectivity index (χ0) is 15.6. The van der Waals surface area contributed by atoms with Gasteiger partial charge in [-0.3, -0.25) is 4.79 Å². The molecule has 1 amide bonds. The van der Waals surface area contributed by atoms with Crippen molar-refractivity contribution < 1.29 is 13.9 Å². The highest BCUT2D eigenvalue weighted by atomic mass is 19.1. The minimum Gasteiger partial charge on any atom is -0.488 e. The Bertz CT molecular complexity index is 676. The number of ether oxygens (including phenoxy) is 1. The maximum Gasteiger partial charge on any atom is 0.248 e. The van der Waals surface area contributed by atoms with Crippen molar-refractivity contribution in [2.24, 2.45) is 5.73 Å². The Morgan fingerprint density at radius 2 is 1.81 bits per heavy atom. The fourth-order valence-electron chi connectivity index (χ4n) is 2.18. The van der Waals surface area contributed by atoms with Crippen LogP contribution in [0.5, 0.6) is 5.75 Å². The average Bonchev–Trinajstić information content (AvgIpc) is 2.38. The summed E-state index contributed by atoms with van der Waals surface area (Å²) in [5.74, 6) is -0.494. The smallest absolute Gasteiger partial charge is 0.248 e. The summed E-state index contributed by atoms with van der Waals surface area (Å²) in [7, 11) is 0. The molecule has 0 heterocycles. The van der Waals surface area contributed by atoms with Crippen LogP contribution in [0.25, 0.3) is 0 Å². The van der Waals surface area contributed by atoms with E-state index < -0.39 is 11.7 Å². The van der Waals surface area contributed by atoms with E-state index in [-0.39, 0.29) is 12.2 Å². The fraction of sp³-hybridized carbons (Fsp3) is 0.188. The molecule has 2 rings (SSSR count). The lowest BCUT2D eigenvalue weighted by Crippen LogP contribution is -2.12. The Balaban J connectivity index is 2.19. The molecule has 21 heavy (non-hydrogen) atoms. The number of hydrogen-bond acceptors (Lipinski definition) is 3. The molecule has 0 atom stereocenters. The molecule has 4 nitrogen and oxygen atoms in total. The molecule has 0 radical (unpaired) electrons. The molecule has 0 bridgehead atoms. The maximum atomic E-state index is 13.9. The fourth-order valence-corrected chi connectivity index (χ4v) is 2.18. The second-order valence-electron chi connectivity index (χ2n) is 4.94. The number of anilines is 1. The van der Waals surface area contributed by atoms with E-state index in [2.05, 4.69) is 0 Å². The molecular formula is C16H17FN2O2. The summed E-state index contributed by atoms with van der Waals surface area (Å²) in [6, 6.07) is 7.69. The molecule has 2 aromatic carbocycles. The van der Waals surface area contributed by atoms with Crippen LogP contribution in [0.4, 0.5) is 10.1 Å². The highest BCUT2D eigenvalue weighted by molar-refractivity contribution is 5.92. The molecule has 0 aliphatic rings. The summed E-state index contributed by atoms with van der Waals surface area (Å²) < 4.78 is 19.5. The summed E-state index contributed by atoms with van der Waals surface area (Å²) in [6.45, 7) is 3.83. The highest BCUT2D eigenvalue weighted by Crippen LogP contribution is 2.27.